The third-order valence-corrected chi connectivity index (χ3v) is 6.77. The van der Waals surface area contributed by atoms with Gasteiger partial charge >= 0.3 is 0 Å². The van der Waals surface area contributed by atoms with Crippen LogP contribution in [0.5, 0.6) is 0 Å². The van der Waals surface area contributed by atoms with E-state index in [9.17, 15) is 0 Å². The Morgan fingerprint density at radius 2 is 1.78 bits per heavy atom. The molecule has 27 heavy (non-hydrogen) atoms. The summed E-state index contributed by atoms with van der Waals surface area (Å²) in [5.41, 5.74) is 1.42. The van der Waals surface area contributed by atoms with E-state index in [2.05, 4.69) is 63.0 Å². The van der Waals surface area contributed by atoms with Gasteiger partial charge in [0.15, 0.2) is 0 Å². The first kappa shape index (κ1) is 19.1. The van der Waals surface area contributed by atoms with Gasteiger partial charge in [-0.05, 0) is 42.9 Å². The maximum Gasteiger partial charge on any atom is 0.0594 e. The molecule has 2 aliphatic rings. The number of piperidine rings is 1. The Balaban J connectivity index is 1.26. The number of thiophene rings is 1. The van der Waals surface area contributed by atoms with Gasteiger partial charge < -0.3 is 10.1 Å². The predicted molar refractivity (Wildman–Crippen MR) is 112 cm³/mol. The number of likely N-dealkylation sites (tertiary alicyclic amines) is 1. The molecule has 0 aliphatic carbocycles. The molecule has 2 aromatic rings. The molecule has 5 heteroatoms. The lowest BCUT2D eigenvalue weighted by Crippen LogP contribution is -2.47. The molecule has 0 spiro atoms. The summed E-state index contributed by atoms with van der Waals surface area (Å²) < 4.78 is 5.56. The normalized spacial score (nSPS) is 21.3. The molecule has 146 valence electrons. The minimum atomic E-state index is 0.483. The molecule has 1 aromatic carbocycles. The van der Waals surface area contributed by atoms with Gasteiger partial charge in [0, 0.05) is 37.1 Å². The van der Waals surface area contributed by atoms with Crippen molar-refractivity contribution in [2.75, 3.05) is 45.9 Å². The van der Waals surface area contributed by atoms with E-state index in [1.165, 1.54) is 36.4 Å². The minimum absolute atomic E-state index is 0.483. The summed E-state index contributed by atoms with van der Waals surface area (Å²) in [5, 5.41) is 6.09. The predicted octanol–water partition coefficient (Wildman–Crippen LogP) is 3.38. The molecule has 4 nitrogen and oxygen atoms in total. The average molecular weight is 386 g/mol. The van der Waals surface area contributed by atoms with E-state index in [-0.39, 0.29) is 0 Å². The molecule has 1 aromatic heterocycles. The topological polar surface area (TPSA) is 27.7 Å². The monoisotopic (exact) mass is 385 g/mol. The van der Waals surface area contributed by atoms with E-state index in [4.69, 9.17) is 4.74 Å². The minimum Gasteiger partial charge on any atom is -0.379 e. The van der Waals surface area contributed by atoms with Gasteiger partial charge in [-0.25, -0.2) is 0 Å². The van der Waals surface area contributed by atoms with Crippen molar-refractivity contribution in [3.63, 3.8) is 0 Å². The van der Waals surface area contributed by atoms with Crippen LogP contribution in [0.25, 0.3) is 0 Å². The van der Waals surface area contributed by atoms with Crippen molar-refractivity contribution < 1.29 is 4.74 Å². The number of nitrogens with one attached hydrogen (secondary N) is 1. The zero-order chi connectivity index (χ0) is 18.3. The average Bonchev–Trinajstić information content (AvgIpc) is 3.26. The lowest BCUT2D eigenvalue weighted by atomic mass is 10.0. The van der Waals surface area contributed by atoms with E-state index in [0.717, 1.165) is 39.4 Å². The Morgan fingerprint density at radius 1 is 1.00 bits per heavy atom. The lowest BCUT2D eigenvalue weighted by Gasteiger charge is -2.37. The number of morpholine rings is 1. The molecule has 0 radical (unpaired) electrons. The zero-order valence-electron chi connectivity index (χ0n) is 16.1. The zero-order valence-corrected chi connectivity index (χ0v) is 16.9. The van der Waals surface area contributed by atoms with Crippen molar-refractivity contribution in [3.05, 3.63) is 58.3 Å². The van der Waals surface area contributed by atoms with Gasteiger partial charge in [-0.15, -0.1) is 11.3 Å². The highest BCUT2D eigenvalue weighted by Gasteiger charge is 2.25. The second-order valence-corrected chi connectivity index (χ2v) is 8.60. The highest BCUT2D eigenvalue weighted by Crippen LogP contribution is 2.26. The Morgan fingerprint density at radius 3 is 2.48 bits per heavy atom. The van der Waals surface area contributed by atoms with E-state index < -0.39 is 0 Å². The first-order chi connectivity index (χ1) is 13.4. The van der Waals surface area contributed by atoms with Crippen LogP contribution in [0.1, 0.15) is 29.3 Å². The van der Waals surface area contributed by atoms with Crippen molar-refractivity contribution in [1.82, 2.24) is 15.1 Å². The summed E-state index contributed by atoms with van der Waals surface area (Å²) in [6.07, 6.45) is 2.49. The molecule has 2 fully saturated rings. The number of rotatable bonds is 7. The third kappa shape index (κ3) is 5.39. The molecule has 0 amide bonds. The van der Waals surface area contributed by atoms with Crippen molar-refractivity contribution in [1.29, 1.82) is 0 Å². The first-order valence-corrected chi connectivity index (χ1v) is 11.1. The van der Waals surface area contributed by atoms with Crippen LogP contribution >= 0.6 is 11.3 Å². The highest BCUT2D eigenvalue weighted by molar-refractivity contribution is 7.10. The Bertz CT molecular complexity index is 649. The number of ether oxygens (including phenoxy) is 1. The Kier molecular flexibility index (Phi) is 6.93. The second-order valence-electron chi connectivity index (χ2n) is 7.62. The van der Waals surface area contributed by atoms with Crippen LogP contribution in [0.15, 0.2) is 47.8 Å². The standard InChI is InChI=1S/C22H31N3OS/c1-2-5-19(6-3-1)18-24-10-8-20(9-11-24)23-17-21(22-7-4-16-27-22)25-12-14-26-15-13-25/h1-7,16,20-21,23H,8-15,17-18H2/t21-/m1/s1. The van der Waals surface area contributed by atoms with Crippen LogP contribution in [0.3, 0.4) is 0 Å². The third-order valence-electron chi connectivity index (χ3n) is 5.79. The van der Waals surface area contributed by atoms with Gasteiger partial charge in [-0.2, -0.15) is 0 Å². The van der Waals surface area contributed by atoms with Crippen LogP contribution in [0.2, 0.25) is 0 Å². The van der Waals surface area contributed by atoms with Crippen molar-refractivity contribution in [2.45, 2.75) is 31.5 Å². The van der Waals surface area contributed by atoms with Gasteiger partial charge in [0.1, 0.15) is 0 Å². The van der Waals surface area contributed by atoms with Crippen molar-refractivity contribution in [3.8, 4) is 0 Å². The summed E-state index contributed by atoms with van der Waals surface area (Å²) in [7, 11) is 0. The molecule has 2 aliphatic heterocycles. The van der Waals surface area contributed by atoms with E-state index >= 15 is 0 Å². The maximum absolute atomic E-state index is 5.56. The van der Waals surface area contributed by atoms with Gasteiger partial charge in [0.05, 0.1) is 19.3 Å². The fourth-order valence-electron chi connectivity index (χ4n) is 4.19. The van der Waals surface area contributed by atoms with E-state index in [1.54, 1.807) is 0 Å². The maximum atomic E-state index is 5.56. The van der Waals surface area contributed by atoms with Crippen LogP contribution in [0.4, 0.5) is 0 Å². The summed E-state index contributed by atoms with van der Waals surface area (Å²) in [4.78, 5) is 6.66. The summed E-state index contributed by atoms with van der Waals surface area (Å²) >= 11 is 1.88. The number of hydrogen-bond donors (Lipinski definition) is 1. The van der Waals surface area contributed by atoms with Gasteiger partial charge in [-0.3, -0.25) is 9.80 Å². The van der Waals surface area contributed by atoms with E-state index in [1.807, 2.05) is 11.3 Å². The molecular weight excluding hydrogens is 354 g/mol. The summed E-state index contributed by atoms with van der Waals surface area (Å²) in [6.45, 7) is 8.31. The van der Waals surface area contributed by atoms with Gasteiger partial charge in [0.2, 0.25) is 0 Å². The largest absolute Gasteiger partial charge is 0.379 e. The fourth-order valence-corrected chi connectivity index (χ4v) is 5.06. The SMILES string of the molecule is c1ccc(CN2CCC(NC[C@H](c3cccs3)N3CCOCC3)CC2)cc1. The van der Waals surface area contributed by atoms with E-state index in [0.29, 0.717) is 12.1 Å². The molecule has 3 heterocycles. The summed E-state index contributed by atoms with van der Waals surface area (Å²) in [5.74, 6) is 0. The smallest absolute Gasteiger partial charge is 0.0594 e. The Labute approximate surface area is 167 Å². The number of nitrogens with zero attached hydrogens (tertiary/aromatic N) is 2. The summed E-state index contributed by atoms with van der Waals surface area (Å²) in [6, 6.07) is 16.4. The quantitative estimate of drug-likeness (QED) is 0.791. The number of hydrogen-bond acceptors (Lipinski definition) is 5. The van der Waals surface area contributed by atoms with Crippen LogP contribution < -0.4 is 5.32 Å². The fraction of sp³-hybridized carbons (Fsp3) is 0.545. The van der Waals surface area contributed by atoms with Crippen LogP contribution in [0, 0.1) is 0 Å². The molecule has 4 rings (SSSR count). The molecule has 1 atom stereocenters. The first-order valence-electron chi connectivity index (χ1n) is 10.2. The molecule has 2 saturated heterocycles. The molecule has 0 saturated carbocycles. The highest BCUT2D eigenvalue weighted by atomic mass is 32.1. The molecule has 0 unspecified atom stereocenters. The molecular formula is C22H31N3OS. The number of benzene rings is 1. The van der Waals surface area contributed by atoms with Gasteiger partial charge in [0.25, 0.3) is 0 Å². The van der Waals surface area contributed by atoms with Crippen LogP contribution in [-0.2, 0) is 11.3 Å². The second kappa shape index (κ2) is 9.80. The van der Waals surface area contributed by atoms with Crippen LogP contribution in [-0.4, -0.2) is 61.8 Å². The Hall–Kier alpha value is -1.24. The molecule has 0 bridgehead atoms. The lowest BCUT2D eigenvalue weighted by molar-refractivity contribution is 0.0158. The molecule has 1 N–H and O–H groups in total. The van der Waals surface area contributed by atoms with Crippen molar-refractivity contribution in [2.24, 2.45) is 0 Å². The van der Waals surface area contributed by atoms with Crippen molar-refractivity contribution >= 4 is 11.3 Å². The van der Waals surface area contributed by atoms with Gasteiger partial charge in [-0.1, -0.05) is 36.4 Å².